The van der Waals surface area contributed by atoms with Gasteiger partial charge in [-0.15, -0.1) is 0 Å². The van der Waals surface area contributed by atoms with Crippen LogP contribution < -0.4 is 10.5 Å². The van der Waals surface area contributed by atoms with Gasteiger partial charge in [-0.1, -0.05) is 6.08 Å². The van der Waals surface area contributed by atoms with Gasteiger partial charge in [-0.2, -0.15) is 0 Å². The maximum atomic E-state index is 5.52. The number of ether oxygens (including phenoxy) is 1. The quantitative estimate of drug-likeness (QED) is 0.774. The van der Waals surface area contributed by atoms with E-state index in [0.29, 0.717) is 11.6 Å². The summed E-state index contributed by atoms with van der Waals surface area (Å²) in [6, 6.07) is 3.54. The van der Waals surface area contributed by atoms with Gasteiger partial charge in [0, 0.05) is 6.07 Å². The molecule has 0 aromatic carbocycles. The average molecular weight is 188 g/mol. The molecule has 0 atom stereocenters. The van der Waals surface area contributed by atoms with E-state index in [-0.39, 0.29) is 0 Å². The molecule has 0 radical (unpaired) electrons. The number of hydrogen-bond acceptors (Lipinski definition) is 3. The van der Waals surface area contributed by atoms with Crippen molar-refractivity contribution in [1.29, 1.82) is 0 Å². The van der Waals surface area contributed by atoms with Crippen molar-refractivity contribution in [1.82, 2.24) is 4.98 Å². The molecule has 0 saturated heterocycles. The van der Waals surface area contributed by atoms with Gasteiger partial charge in [-0.25, -0.2) is 4.98 Å². The number of pyridine rings is 1. The minimum atomic E-state index is 0.581. The van der Waals surface area contributed by atoms with Gasteiger partial charge >= 0.3 is 0 Å². The lowest BCUT2D eigenvalue weighted by Gasteiger charge is -2.08. The van der Waals surface area contributed by atoms with Crippen molar-refractivity contribution in [3.8, 4) is 5.88 Å². The molecule has 1 aliphatic rings. The van der Waals surface area contributed by atoms with Crippen LogP contribution in [0, 0.1) is 0 Å². The fourth-order valence-corrected chi connectivity index (χ4v) is 1.24. The number of hydrogen-bond donors (Lipinski definition) is 1. The van der Waals surface area contributed by atoms with Crippen LogP contribution in [0.25, 0.3) is 0 Å². The van der Waals surface area contributed by atoms with Crippen molar-refractivity contribution in [2.45, 2.75) is 12.8 Å². The van der Waals surface area contributed by atoms with Crippen LogP contribution in [0.1, 0.15) is 12.8 Å². The third kappa shape index (κ3) is 2.13. The van der Waals surface area contributed by atoms with E-state index in [9.17, 15) is 0 Å². The molecule has 0 fully saturated rings. The first-order valence-electron chi connectivity index (χ1n) is 4.61. The highest BCUT2D eigenvalue weighted by atomic mass is 16.5. The topological polar surface area (TPSA) is 48.1 Å². The molecular weight excluding hydrogens is 176 g/mol. The van der Waals surface area contributed by atoms with E-state index in [4.69, 9.17) is 10.5 Å². The SMILES string of the molecule is Nc1ccc(OC2=CCCC=C2)nc1. The van der Waals surface area contributed by atoms with Gasteiger partial charge in [0.1, 0.15) is 5.76 Å². The highest BCUT2D eigenvalue weighted by Gasteiger charge is 2.00. The Balaban J connectivity index is 2.07. The average Bonchev–Trinajstić information content (AvgIpc) is 2.23. The smallest absolute Gasteiger partial charge is 0.219 e. The van der Waals surface area contributed by atoms with Crippen molar-refractivity contribution in [3.05, 3.63) is 42.3 Å². The largest absolute Gasteiger partial charge is 0.439 e. The molecule has 0 bridgehead atoms. The molecule has 1 aromatic heterocycles. The van der Waals surface area contributed by atoms with Crippen molar-refractivity contribution < 1.29 is 4.74 Å². The molecule has 72 valence electrons. The summed E-state index contributed by atoms with van der Waals surface area (Å²) in [5.74, 6) is 1.44. The zero-order chi connectivity index (χ0) is 9.80. The number of rotatable bonds is 2. The Morgan fingerprint density at radius 3 is 2.86 bits per heavy atom. The van der Waals surface area contributed by atoms with Crippen molar-refractivity contribution in [2.24, 2.45) is 0 Å². The molecule has 0 unspecified atom stereocenters. The van der Waals surface area contributed by atoms with Gasteiger partial charge in [0.2, 0.25) is 5.88 Å². The summed E-state index contributed by atoms with van der Waals surface area (Å²) >= 11 is 0. The van der Waals surface area contributed by atoms with Gasteiger partial charge in [0.15, 0.2) is 0 Å². The fraction of sp³-hybridized carbons (Fsp3) is 0.182. The second kappa shape index (κ2) is 3.96. The van der Waals surface area contributed by atoms with Crippen LogP contribution in [0.15, 0.2) is 42.3 Å². The minimum Gasteiger partial charge on any atom is -0.439 e. The summed E-state index contributed by atoms with van der Waals surface area (Å²) in [5.41, 5.74) is 6.16. The lowest BCUT2D eigenvalue weighted by Crippen LogP contribution is -1.97. The summed E-state index contributed by atoms with van der Waals surface area (Å²) in [5, 5.41) is 0. The normalized spacial score (nSPS) is 15.0. The number of nitrogens with two attached hydrogens (primary N) is 1. The van der Waals surface area contributed by atoms with Crippen LogP contribution in [0.5, 0.6) is 5.88 Å². The van der Waals surface area contributed by atoms with Gasteiger partial charge in [-0.3, -0.25) is 0 Å². The second-order valence-electron chi connectivity index (χ2n) is 3.12. The second-order valence-corrected chi connectivity index (χ2v) is 3.12. The highest BCUT2D eigenvalue weighted by Crippen LogP contribution is 2.16. The molecule has 1 aromatic rings. The van der Waals surface area contributed by atoms with Crippen LogP contribution >= 0.6 is 0 Å². The fourth-order valence-electron chi connectivity index (χ4n) is 1.24. The van der Waals surface area contributed by atoms with Crippen LogP contribution in [0.4, 0.5) is 5.69 Å². The van der Waals surface area contributed by atoms with Gasteiger partial charge in [0.05, 0.1) is 11.9 Å². The summed E-state index contributed by atoms with van der Waals surface area (Å²) < 4.78 is 5.52. The Morgan fingerprint density at radius 2 is 2.21 bits per heavy atom. The highest BCUT2D eigenvalue weighted by molar-refractivity contribution is 5.36. The Bertz CT molecular complexity index is 365. The summed E-state index contributed by atoms with van der Waals surface area (Å²) in [7, 11) is 0. The predicted octanol–water partition coefficient (Wildman–Crippen LogP) is 2.28. The van der Waals surface area contributed by atoms with Crippen LogP contribution in [-0.4, -0.2) is 4.98 Å². The van der Waals surface area contributed by atoms with E-state index in [0.717, 1.165) is 18.6 Å². The Labute approximate surface area is 82.9 Å². The first-order chi connectivity index (χ1) is 6.84. The number of nitrogen functional groups attached to an aromatic ring is 1. The first kappa shape index (κ1) is 8.81. The monoisotopic (exact) mass is 188 g/mol. The lowest BCUT2D eigenvalue weighted by molar-refractivity contribution is 0.422. The van der Waals surface area contributed by atoms with Crippen LogP contribution in [0.2, 0.25) is 0 Å². The van der Waals surface area contributed by atoms with Crippen molar-refractivity contribution in [3.63, 3.8) is 0 Å². The third-order valence-corrected chi connectivity index (χ3v) is 1.94. The molecule has 0 amide bonds. The Kier molecular flexibility index (Phi) is 2.49. The zero-order valence-corrected chi connectivity index (χ0v) is 7.81. The molecule has 3 heteroatoms. The molecule has 1 heterocycles. The lowest BCUT2D eigenvalue weighted by atomic mass is 10.2. The predicted molar refractivity (Wildman–Crippen MR) is 55.7 cm³/mol. The Hall–Kier alpha value is -1.77. The van der Waals surface area contributed by atoms with Gasteiger partial charge in [-0.05, 0) is 31.1 Å². The molecule has 3 nitrogen and oxygen atoms in total. The zero-order valence-electron chi connectivity index (χ0n) is 7.81. The molecule has 0 aliphatic heterocycles. The molecule has 0 saturated carbocycles. The molecular formula is C11H12N2O. The number of anilines is 1. The summed E-state index contributed by atoms with van der Waals surface area (Å²) in [4.78, 5) is 4.05. The maximum Gasteiger partial charge on any atom is 0.219 e. The van der Waals surface area contributed by atoms with E-state index in [1.807, 2.05) is 6.08 Å². The summed E-state index contributed by atoms with van der Waals surface area (Å²) in [6.45, 7) is 0. The molecule has 2 N–H and O–H groups in total. The van der Waals surface area contributed by atoms with Crippen molar-refractivity contribution >= 4 is 5.69 Å². The number of allylic oxidation sites excluding steroid dienone is 3. The minimum absolute atomic E-state index is 0.581. The van der Waals surface area contributed by atoms with E-state index in [1.54, 1.807) is 18.3 Å². The van der Waals surface area contributed by atoms with Gasteiger partial charge < -0.3 is 10.5 Å². The van der Waals surface area contributed by atoms with Gasteiger partial charge in [0.25, 0.3) is 0 Å². The van der Waals surface area contributed by atoms with Crippen molar-refractivity contribution in [2.75, 3.05) is 5.73 Å². The Morgan fingerprint density at radius 1 is 1.29 bits per heavy atom. The van der Waals surface area contributed by atoms with Crippen LogP contribution in [-0.2, 0) is 0 Å². The van der Waals surface area contributed by atoms with E-state index < -0.39 is 0 Å². The molecule has 2 rings (SSSR count). The van der Waals surface area contributed by atoms with E-state index in [1.165, 1.54) is 0 Å². The molecule has 1 aliphatic carbocycles. The number of nitrogens with zero attached hydrogens (tertiary/aromatic N) is 1. The molecule has 0 spiro atoms. The molecule has 14 heavy (non-hydrogen) atoms. The standard InChI is InChI=1S/C11H12N2O/c12-9-6-7-11(13-8-9)14-10-4-2-1-3-5-10/h2,4-8H,1,3,12H2. The summed E-state index contributed by atoms with van der Waals surface area (Å²) in [6.07, 6.45) is 9.80. The third-order valence-electron chi connectivity index (χ3n) is 1.94. The number of aromatic nitrogens is 1. The van der Waals surface area contributed by atoms with E-state index in [2.05, 4.69) is 17.1 Å². The van der Waals surface area contributed by atoms with Crippen LogP contribution in [0.3, 0.4) is 0 Å². The maximum absolute atomic E-state index is 5.52. The van der Waals surface area contributed by atoms with E-state index >= 15 is 0 Å². The first-order valence-corrected chi connectivity index (χ1v) is 4.61.